The summed E-state index contributed by atoms with van der Waals surface area (Å²) in [6.45, 7) is 1.85. The van der Waals surface area contributed by atoms with Gasteiger partial charge in [0.1, 0.15) is 0 Å². The molecule has 0 radical (unpaired) electrons. The van der Waals surface area contributed by atoms with E-state index in [2.05, 4.69) is 0 Å². The molecule has 3 heteroatoms. The molecule has 1 aromatic rings. The van der Waals surface area contributed by atoms with Gasteiger partial charge in [0.05, 0.1) is 5.92 Å². The van der Waals surface area contributed by atoms with Gasteiger partial charge in [0.25, 0.3) is 0 Å². The van der Waals surface area contributed by atoms with E-state index in [0.29, 0.717) is 12.3 Å². The monoisotopic (exact) mass is 232 g/mol. The van der Waals surface area contributed by atoms with Gasteiger partial charge in [-0.25, -0.2) is 0 Å². The minimum atomic E-state index is -0.695. The lowest BCUT2D eigenvalue weighted by molar-refractivity contribution is -0.145. The van der Waals surface area contributed by atoms with Crippen LogP contribution >= 0.6 is 0 Å². The fraction of sp³-hybridized carbons (Fsp3) is 0.429. The van der Waals surface area contributed by atoms with Gasteiger partial charge in [-0.3, -0.25) is 9.59 Å². The summed E-state index contributed by atoms with van der Waals surface area (Å²) in [5.74, 6) is -0.383. The second-order valence-corrected chi connectivity index (χ2v) is 4.60. The molecular formula is C14H16O3. The minimum absolute atomic E-state index is 0.147. The summed E-state index contributed by atoms with van der Waals surface area (Å²) in [5.41, 5.74) is 1.89. The lowest BCUT2D eigenvalue weighted by Crippen LogP contribution is -2.28. The van der Waals surface area contributed by atoms with E-state index >= 15 is 0 Å². The second kappa shape index (κ2) is 4.70. The topological polar surface area (TPSA) is 54.4 Å². The highest BCUT2D eigenvalue weighted by Crippen LogP contribution is 2.41. The van der Waals surface area contributed by atoms with Crippen molar-refractivity contribution in [2.45, 2.75) is 32.1 Å². The van der Waals surface area contributed by atoms with Crippen molar-refractivity contribution in [2.75, 3.05) is 0 Å². The number of carbonyl (C=O) groups excluding carboxylic acids is 1. The molecule has 0 aliphatic heterocycles. The van der Waals surface area contributed by atoms with E-state index in [1.54, 1.807) is 0 Å². The second-order valence-electron chi connectivity index (χ2n) is 4.60. The lowest BCUT2D eigenvalue weighted by Gasteiger charge is -2.32. The first-order valence-electron chi connectivity index (χ1n) is 5.97. The van der Waals surface area contributed by atoms with Gasteiger partial charge in [-0.15, -0.1) is 0 Å². The zero-order chi connectivity index (χ0) is 12.4. The largest absolute Gasteiger partial charge is 0.481 e. The molecule has 0 saturated heterocycles. The SMILES string of the molecule is CCC(=O)c1ccc(C2CC(C(=O)O)C2)cc1. The van der Waals surface area contributed by atoms with E-state index in [-0.39, 0.29) is 11.7 Å². The first-order chi connectivity index (χ1) is 8.11. The predicted octanol–water partition coefficient (Wildman–Crippen LogP) is 2.86. The summed E-state index contributed by atoms with van der Waals surface area (Å²) < 4.78 is 0. The Hall–Kier alpha value is -1.64. The summed E-state index contributed by atoms with van der Waals surface area (Å²) >= 11 is 0. The minimum Gasteiger partial charge on any atom is -0.481 e. The maximum absolute atomic E-state index is 11.4. The van der Waals surface area contributed by atoms with Gasteiger partial charge in [-0.2, -0.15) is 0 Å². The van der Waals surface area contributed by atoms with Crippen LogP contribution in [0.4, 0.5) is 0 Å². The van der Waals surface area contributed by atoms with E-state index in [4.69, 9.17) is 5.11 Å². The number of carboxylic acids is 1. The number of benzene rings is 1. The third-order valence-electron chi connectivity index (χ3n) is 3.51. The van der Waals surface area contributed by atoms with Crippen LogP contribution in [-0.4, -0.2) is 16.9 Å². The third-order valence-corrected chi connectivity index (χ3v) is 3.51. The number of hydrogen-bond acceptors (Lipinski definition) is 2. The molecule has 1 N–H and O–H groups in total. The van der Waals surface area contributed by atoms with Crippen molar-refractivity contribution >= 4 is 11.8 Å². The van der Waals surface area contributed by atoms with Gasteiger partial charge in [0, 0.05) is 12.0 Å². The summed E-state index contributed by atoms with van der Waals surface area (Å²) in [5, 5.41) is 8.80. The molecule has 1 fully saturated rings. The van der Waals surface area contributed by atoms with Gasteiger partial charge in [0.2, 0.25) is 0 Å². The molecule has 0 bridgehead atoms. The molecule has 0 aromatic heterocycles. The van der Waals surface area contributed by atoms with Crippen molar-refractivity contribution in [3.05, 3.63) is 35.4 Å². The zero-order valence-electron chi connectivity index (χ0n) is 9.85. The van der Waals surface area contributed by atoms with Crippen molar-refractivity contribution < 1.29 is 14.7 Å². The molecule has 0 amide bonds. The quantitative estimate of drug-likeness (QED) is 0.812. The average molecular weight is 232 g/mol. The van der Waals surface area contributed by atoms with E-state index < -0.39 is 5.97 Å². The van der Waals surface area contributed by atoms with Crippen molar-refractivity contribution in [2.24, 2.45) is 5.92 Å². The molecule has 2 rings (SSSR count). The maximum Gasteiger partial charge on any atom is 0.306 e. The molecule has 0 unspecified atom stereocenters. The Balaban J connectivity index is 2.00. The number of Topliss-reactive ketones (excluding diaryl/α,β-unsaturated/α-hetero) is 1. The Labute approximate surface area is 100 Å². The number of aliphatic carboxylic acids is 1. The molecule has 1 aliphatic carbocycles. The molecule has 17 heavy (non-hydrogen) atoms. The summed E-state index contributed by atoms with van der Waals surface area (Å²) in [4.78, 5) is 22.1. The number of carboxylic acid groups (broad SMARTS) is 1. The molecule has 0 spiro atoms. The Morgan fingerprint density at radius 3 is 2.29 bits per heavy atom. The molecular weight excluding hydrogens is 216 g/mol. The van der Waals surface area contributed by atoms with Crippen LogP contribution in [0.25, 0.3) is 0 Å². The van der Waals surface area contributed by atoms with Crippen molar-refractivity contribution in [3.8, 4) is 0 Å². The summed E-state index contributed by atoms with van der Waals surface area (Å²) in [6, 6.07) is 7.59. The Bertz CT molecular complexity index is 427. The summed E-state index contributed by atoms with van der Waals surface area (Å²) in [6.07, 6.45) is 1.96. The van der Waals surface area contributed by atoms with E-state index in [9.17, 15) is 9.59 Å². The Kier molecular flexibility index (Phi) is 3.27. The third kappa shape index (κ3) is 2.38. The molecule has 0 atom stereocenters. The highest BCUT2D eigenvalue weighted by atomic mass is 16.4. The zero-order valence-corrected chi connectivity index (χ0v) is 9.85. The summed E-state index contributed by atoms with van der Waals surface area (Å²) in [7, 11) is 0. The van der Waals surface area contributed by atoms with Crippen LogP contribution in [0.2, 0.25) is 0 Å². The van der Waals surface area contributed by atoms with Gasteiger partial charge in [-0.1, -0.05) is 31.2 Å². The predicted molar refractivity (Wildman–Crippen MR) is 64.2 cm³/mol. The van der Waals surface area contributed by atoms with Crippen molar-refractivity contribution in [1.29, 1.82) is 0 Å². The van der Waals surface area contributed by atoms with E-state index in [0.717, 1.165) is 24.0 Å². The molecule has 1 aliphatic rings. The standard InChI is InChI=1S/C14H16O3/c1-2-13(15)10-5-3-9(4-6-10)11-7-12(8-11)14(16)17/h3-6,11-12H,2,7-8H2,1H3,(H,16,17). The van der Waals surface area contributed by atoms with Crippen LogP contribution in [0, 0.1) is 5.92 Å². The molecule has 0 heterocycles. The molecule has 1 aromatic carbocycles. The Morgan fingerprint density at radius 2 is 1.82 bits per heavy atom. The van der Waals surface area contributed by atoms with Crippen LogP contribution in [0.5, 0.6) is 0 Å². The number of carbonyl (C=O) groups is 2. The van der Waals surface area contributed by atoms with Gasteiger partial charge in [0.15, 0.2) is 5.78 Å². The molecule has 1 saturated carbocycles. The van der Waals surface area contributed by atoms with Crippen molar-refractivity contribution in [3.63, 3.8) is 0 Å². The number of rotatable bonds is 4. The Morgan fingerprint density at radius 1 is 1.24 bits per heavy atom. The van der Waals surface area contributed by atoms with E-state index in [1.807, 2.05) is 31.2 Å². The van der Waals surface area contributed by atoms with Gasteiger partial charge >= 0.3 is 5.97 Å². The molecule has 90 valence electrons. The number of hydrogen-bond donors (Lipinski definition) is 1. The first kappa shape index (κ1) is 11.8. The first-order valence-corrected chi connectivity index (χ1v) is 5.97. The smallest absolute Gasteiger partial charge is 0.306 e. The number of ketones is 1. The van der Waals surface area contributed by atoms with Crippen molar-refractivity contribution in [1.82, 2.24) is 0 Å². The fourth-order valence-corrected chi connectivity index (χ4v) is 2.24. The lowest BCUT2D eigenvalue weighted by atomic mass is 9.71. The van der Waals surface area contributed by atoms with Crippen LogP contribution in [0.3, 0.4) is 0 Å². The average Bonchev–Trinajstić information content (AvgIpc) is 2.26. The maximum atomic E-state index is 11.4. The van der Waals surface area contributed by atoms with Crippen LogP contribution in [0.1, 0.15) is 48.0 Å². The van der Waals surface area contributed by atoms with Gasteiger partial charge in [-0.05, 0) is 24.3 Å². The van der Waals surface area contributed by atoms with Crippen LogP contribution < -0.4 is 0 Å². The highest BCUT2D eigenvalue weighted by molar-refractivity contribution is 5.95. The highest BCUT2D eigenvalue weighted by Gasteiger charge is 2.35. The van der Waals surface area contributed by atoms with Crippen LogP contribution in [-0.2, 0) is 4.79 Å². The van der Waals surface area contributed by atoms with Crippen LogP contribution in [0.15, 0.2) is 24.3 Å². The normalized spacial score (nSPS) is 22.9. The molecule has 3 nitrogen and oxygen atoms in total. The fourth-order valence-electron chi connectivity index (χ4n) is 2.24. The van der Waals surface area contributed by atoms with Gasteiger partial charge < -0.3 is 5.11 Å². The van der Waals surface area contributed by atoms with E-state index in [1.165, 1.54) is 0 Å².